The second-order valence-electron chi connectivity index (χ2n) is 7.36. The van der Waals surface area contributed by atoms with E-state index in [0.717, 1.165) is 31.4 Å². The highest BCUT2D eigenvalue weighted by Crippen LogP contribution is 2.15. The average molecular weight is 386 g/mol. The Labute approximate surface area is 166 Å². The minimum absolute atomic E-state index is 0.00286. The molecule has 6 nitrogen and oxygen atoms in total. The Morgan fingerprint density at radius 1 is 1.14 bits per heavy atom. The van der Waals surface area contributed by atoms with E-state index in [4.69, 9.17) is 4.74 Å². The zero-order valence-corrected chi connectivity index (χ0v) is 17.3. The predicted octanol–water partition coefficient (Wildman–Crippen LogP) is 3.58. The van der Waals surface area contributed by atoms with E-state index in [1.165, 1.54) is 22.4 Å². The number of nitrogens with one attached hydrogen (secondary N) is 1. The van der Waals surface area contributed by atoms with Crippen molar-refractivity contribution in [2.45, 2.75) is 72.1 Å². The van der Waals surface area contributed by atoms with E-state index < -0.39 is 0 Å². The van der Waals surface area contributed by atoms with Gasteiger partial charge in [-0.2, -0.15) is 5.10 Å². The summed E-state index contributed by atoms with van der Waals surface area (Å²) in [5.41, 5.74) is 1.30. The second kappa shape index (κ2) is 10.6. The fourth-order valence-electron chi connectivity index (χ4n) is 2.80. The summed E-state index contributed by atoms with van der Waals surface area (Å²) >= 11 is 0. The second-order valence-corrected chi connectivity index (χ2v) is 7.36. The van der Waals surface area contributed by atoms with E-state index in [1.54, 1.807) is 0 Å². The molecule has 28 heavy (non-hydrogen) atoms. The van der Waals surface area contributed by atoms with Gasteiger partial charge in [-0.15, -0.1) is 0 Å². The monoisotopic (exact) mass is 385 g/mol. The molecule has 2 rings (SSSR count). The van der Waals surface area contributed by atoms with Crippen molar-refractivity contribution in [3.8, 4) is 5.75 Å². The van der Waals surface area contributed by atoms with Crippen molar-refractivity contribution in [2.24, 2.45) is 0 Å². The fourth-order valence-corrected chi connectivity index (χ4v) is 2.80. The van der Waals surface area contributed by atoms with Crippen molar-refractivity contribution in [2.75, 3.05) is 0 Å². The van der Waals surface area contributed by atoms with Crippen LogP contribution in [-0.2, 0) is 13.0 Å². The molecule has 1 N–H and O–H groups in total. The predicted molar refractivity (Wildman–Crippen MR) is 111 cm³/mol. The first kappa shape index (κ1) is 21.7. The van der Waals surface area contributed by atoms with Gasteiger partial charge in [-0.1, -0.05) is 25.5 Å². The summed E-state index contributed by atoms with van der Waals surface area (Å²) in [4.78, 5) is 24.3. The maximum Gasteiger partial charge on any atom is 0.271 e. The van der Waals surface area contributed by atoms with Gasteiger partial charge in [-0.05, 0) is 63.8 Å². The Morgan fingerprint density at radius 3 is 2.50 bits per heavy atom. The van der Waals surface area contributed by atoms with Gasteiger partial charge in [0.25, 0.3) is 11.5 Å². The van der Waals surface area contributed by atoms with E-state index in [-0.39, 0.29) is 29.3 Å². The lowest BCUT2D eigenvalue weighted by molar-refractivity contribution is 0.0930. The van der Waals surface area contributed by atoms with Crippen LogP contribution in [0.3, 0.4) is 0 Å². The smallest absolute Gasteiger partial charge is 0.271 e. The molecule has 0 saturated carbocycles. The zero-order valence-electron chi connectivity index (χ0n) is 17.3. The molecule has 1 aromatic carbocycles. The standard InChI is InChI=1S/C22H31N3O3/c1-5-6-15-25-21(26)14-13-20(24-25)22(27)23-17(4)7-8-18-9-11-19(12-10-18)28-16(2)3/h9-14,16-17H,5-8,15H2,1-4H3,(H,23,27). The fraction of sp³-hybridized carbons (Fsp3) is 0.500. The largest absolute Gasteiger partial charge is 0.491 e. The van der Waals surface area contributed by atoms with Crippen LogP contribution < -0.4 is 15.6 Å². The normalized spacial score (nSPS) is 12.0. The molecule has 0 spiro atoms. The molecule has 1 unspecified atom stereocenters. The van der Waals surface area contributed by atoms with Crippen molar-refractivity contribution in [3.05, 3.63) is 58.0 Å². The first-order valence-electron chi connectivity index (χ1n) is 10.0. The Bertz CT molecular complexity index is 813. The molecule has 1 amide bonds. The van der Waals surface area contributed by atoms with Crippen LogP contribution in [0.4, 0.5) is 0 Å². The van der Waals surface area contributed by atoms with Crippen molar-refractivity contribution < 1.29 is 9.53 Å². The summed E-state index contributed by atoms with van der Waals surface area (Å²) in [7, 11) is 0. The van der Waals surface area contributed by atoms with E-state index in [2.05, 4.69) is 22.5 Å². The number of amides is 1. The molecule has 0 radical (unpaired) electrons. The first-order valence-corrected chi connectivity index (χ1v) is 10.0. The molecule has 1 heterocycles. The zero-order chi connectivity index (χ0) is 20.5. The van der Waals surface area contributed by atoms with Gasteiger partial charge in [0.1, 0.15) is 11.4 Å². The van der Waals surface area contributed by atoms with Gasteiger partial charge < -0.3 is 10.1 Å². The van der Waals surface area contributed by atoms with Crippen LogP contribution in [0, 0.1) is 0 Å². The molecule has 2 aromatic rings. The molecule has 152 valence electrons. The lowest BCUT2D eigenvalue weighted by Gasteiger charge is -2.14. The van der Waals surface area contributed by atoms with E-state index >= 15 is 0 Å². The Morgan fingerprint density at radius 2 is 1.86 bits per heavy atom. The molecule has 6 heteroatoms. The van der Waals surface area contributed by atoms with Crippen LogP contribution in [0.15, 0.2) is 41.2 Å². The van der Waals surface area contributed by atoms with Crippen molar-refractivity contribution in [1.29, 1.82) is 0 Å². The van der Waals surface area contributed by atoms with Crippen LogP contribution in [-0.4, -0.2) is 27.8 Å². The highest BCUT2D eigenvalue weighted by atomic mass is 16.5. The molecule has 0 saturated heterocycles. The van der Waals surface area contributed by atoms with Crippen molar-refractivity contribution >= 4 is 5.91 Å². The first-order chi connectivity index (χ1) is 13.4. The molecule has 0 bridgehead atoms. The minimum Gasteiger partial charge on any atom is -0.491 e. The highest BCUT2D eigenvalue weighted by Gasteiger charge is 2.13. The van der Waals surface area contributed by atoms with Crippen molar-refractivity contribution in [3.63, 3.8) is 0 Å². The highest BCUT2D eigenvalue weighted by molar-refractivity contribution is 5.92. The number of carbonyl (C=O) groups is 1. The SMILES string of the molecule is CCCCn1nc(C(=O)NC(C)CCc2ccc(OC(C)C)cc2)ccc1=O. The summed E-state index contributed by atoms with van der Waals surface area (Å²) in [6.07, 6.45) is 3.64. The number of hydrogen-bond donors (Lipinski definition) is 1. The summed E-state index contributed by atoms with van der Waals surface area (Å²) in [6.45, 7) is 8.56. The molecular weight excluding hydrogens is 354 g/mol. The number of nitrogens with zero attached hydrogens (tertiary/aromatic N) is 2. The minimum atomic E-state index is -0.251. The number of benzene rings is 1. The molecule has 1 atom stereocenters. The van der Waals surface area contributed by atoms with Crippen LogP contribution in [0.2, 0.25) is 0 Å². The molecule has 0 fully saturated rings. The van der Waals surface area contributed by atoms with Crippen molar-refractivity contribution in [1.82, 2.24) is 15.1 Å². The number of aromatic nitrogens is 2. The topological polar surface area (TPSA) is 73.2 Å². The van der Waals surface area contributed by atoms with Gasteiger partial charge >= 0.3 is 0 Å². The van der Waals surface area contributed by atoms with Gasteiger partial charge in [0.15, 0.2) is 0 Å². The summed E-state index contributed by atoms with van der Waals surface area (Å²) < 4.78 is 7.02. The van der Waals surface area contributed by atoms with Crippen LogP contribution in [0.1, 0.15) is 63.0 Å². The average Bonchev–Trinajstić information content (AvgIpc) is 2.66. The van der Waals surface area contributed by atoms with Crippen LogP contribution >= 0.6 is 0 Å². The summed E-state index contributed by atoms with van der Waals surface area (Å²) in [5, 5.41) is 7.16. The van der Waals surface area contributed by atoms with E-state index in [9.17, 15) is 9.59 Å². The summed E-state index contributed by atoms with van der Waals surface area (Å²) in [5.74, 6) is 0.614. The molecular formula is C22H31N3O3. The Hall–Kier alpha value is -2.63. The summed E-state index contributed by atoms with van der Waals surface area (Å²) in [6, 6.07) is 10.9. The van der Waals surface area contributed by atoms with Crippen LogP contribution in [0.25, 0.3) is 0 Å². The van der Waals surface area contributed by atoms with Gasteiger partial charge in [0.2, 0.25) is 0 Å². The number of ether oxygens (including phenoxy) is 1. The van der Waals surface area contributed by atoms with Crippen LogP contribution in [0.5, 0.6) is 5.75 Å². The maximum absolute atomic E-state index is 12.4. The van der Waals surface area contributed by atoms with Gasteiger partial charge in [0.05, 0.1) is 6.10 Å². The third kappa shape index (κ3) is 6.83. The maximum atomic E-state index is 12.4. The molecule has 0 aliphatic heterocycles. The van der Waals surface area contributed by atoms with E-state index in [1.807, 2.05) is 39.8 Å². The Kier molecular flexibility index (Phi) is 8.23. The third-order valence-corrected chi connectivity index (χ3v) is 4.36. The third-order valence-electron chi connectivity index (χ3n) is 4.36. The lowest BCUT2D eigenvalue weighted by atomic mass is 10.1. The quantitative estimate of drug-likeness (QED) is 0.678. The number of rotatable bonds is 10. The Balaban J connectivity index is 1.87. The molecule has 0 aliphatic carbocycles. The van der Waals surface area contributed by atoms with Gasteiger partial charge in [-0.3, -0.25) is 9.59 Å². The number of hydrogen-bond acceptors (Lipinski definition) is 4. The molecule has 1 aromatic heterocycles. The lowest BCUT2D eigenvalue weighted by Crippen LogP contribution is -2.35. The number of carbonyl (C=O) groups excluding carboxylic acids is 1. The van der Waals surface area contributed by atoms with Gasteiger partial charge in [0, 0.05) is 18.7 Å². The van der Waals surface area contributed by atoms with Gasteiger partial charge in [-0.25, -0.2) is 4.68 Å². The van der Waals surface area contributed by atoms with E-state index in [0.29, 0.717) is 6.54 Å². The number of aryl methyl sites for hydroxylation is 2. The number of unbranched alkanes of at least 4 members (excludes halogenated alkanes) is 1. The molecule has 0 aliphatic rings.